The second kappa shape index (κ2) is 7.61. The lowest BCUT2D eigenvalue weighted by Crippen LogP contribution is -2.46. The Hall–Kier alpha value is -1.86. The van der Waals surface area contributed by atoms with Crippen molar-refractivity contribution in [1.29, 1.82) is 0 Å². The average Bonchev–Trinajstić information content (AvgIpc) is 3.26. The predicted octanol–water partition coefficient (Wildman–Crippen LogP) is 3.37. The first-order valence-electron chi connectivity index (χ1n) is 7.62. The molecule has 5 nitrogen and oxygen atoms in total. The van der Waals surface area contributed by atoms with Gasteiger partial charge in [0.05, 0.1) is 17.5 Å². The van der Waals surface area contributed by atoms with E-state index in [0.717, 1.165) is 22.7 Å². The van der Waals surface area contributed by atoms with Crippen LogP contribution in [-0.4, -0.2) is 29.9 Å². The molecule has 0 aliphatic carbocycles. The van der Waals surface area contributed by atoms with Gasteiger partial charge in [-0.3, -0.25) is 10.1 Å². The molecule has 0 saturated carbocycles. The molecule has 3 amide bonds. The zero-order chi connectivity index (χ0) is 16.1. The lowest BCUT2D eigenvalue weighted by Gasteiger charge is -2.31. The fraction of sp³-hybridized carbons (Fsp3) is 0.375. The molecule has 3 heterocycles. The van der Waals surface area contributed by atoms with Crippen molar-refractivity contribution < 1.29 is 9.59 Å². The van der Waals surface area contributed by atoms with Crippen molar-refractivity contribution >= 4 is 39.6 Å². The maximum absolute atomic E-state index is 12.3. The first-order valence-corrected chi connectivity index (χ1v) is 9.38. The molecule has 0 spiro atoms. The van der Waals surface area contributed by atoms with Crippen molar-refractivity contribution in [3.8, 4) is 0 Å². The van der Waals surface area contributed by atoms with Crippen LogP contribution in [0.4, 0.5) is 9.80 Å². The Kier molecular flexibility index (Phi) is 5.30. The predicted molar refractivity (Wildman–Crippen MR) is 93.8 cm³/mol. The number of rotatable bonds is 4. The molecule has 3 rings (SSSR count). The molecule has 1 aliphatic rings. The number of urea groups is 1. The summed E-state index contributed by atoms with van der Waals surface area (Å²) in [5, 5.41) is 10.6. The number of carbonyl (C=O) groups is 2. The zero-order valence-corrected chi connectivity index (χ0v) is 14.3. The third-order valence-corrected chi connectivity index (χ3v) is 5.51. The molecule has 0 aromatic carbocycles. The van der Waals surface area contributed by atoms with Gasteiger partial charge in [0, 0.05) is 18.0 Å². The van der Waals surface area contributed by atoms with E-state index in [1.165, 1.54) is 11.3 Å². The van der Waals surface area contributed by atoms with E-state index in [1.54, 1.807) is 16.2 Å². The molecule has 1 aliphatic heterocycles. The van der Waals surface area contributed by atoms with Crippen molar-refractivity contribution in [1.82, 2.24) is 10.2 Å². The minimum atomic E-state index is -0.127. The molecule has 7 heteroatoms. The number of amides is 3. The molecule has 2 N–H and O–H groups in total. The Morgan fingerprint density at radius 3 is 2.78 bits per heavy atom. The van der Waals surface area contributed by atoms with Crippen molar-refractivity contribution in [2.75, 3.05) is 18.4 Å². The van der Waals surface area contributed by atoms with Gasteiger partial charge in [-0.05, 0) is 41.8 Å². The van der Waals surface area contributed by atoms with E-state index in [1.807, 2.05) is 35.0 Å². The van der Waals surface area contributed by atoms with Gasteiger partial charge in [-0.1, -0.05) is 6.07 Å². The van der Waals surface area contributed by atoms with E-state index in [2.05, 4.69) is 10.6 Å². The van der Waals surface area contributed by atoms with Crippen LogP contribution in [0.1, 0.15) is 17.7 Å². The molecule has 122 valence electrons. The highest BCUT2D eigenvalue weighted by molar-refractivity contribution is 7.14. The molecule has 0 bridgehead atoms. The number of nitrogens with zero attached hydrogens (tertiary/aromatic N) is 1. The summed E-state index contributed by atoms with van der Waals surface area (Å²) in [6.45, 7) is 1.74. The topological polar surface area (TPSA) is 61.4 Å². The Balaban J connectivity index is 1.50. The molecule has 2 aromatic heterocycles. The van der Waals surface area contributed by atoms with Crippen molar-refractivity contribution in [3.63, 3.8) is 0 Å². The Bertz CT molecular complexity index is 640. The number of hydrogen-bond donors (Lipinski definition) is 2. The first kappa shape index (κ1) is 16.0. The van der Waals surface area contributed by atoms with E-state index in [-0.39, 0.29) is 17.9 Å². The van der Waals surface area contributed by atoms with Crippen LogP contribution in [0.5, 0.6) is 0 Å². The fourth-order valence-electron chi connectivity index (χ4n) is 2.64. The second-order valence-corrected chi connectivity index (χ2v) is 7.47. The maximum Gasteiger partial charge on any atom is 0.322 e. The van der Waals surface area contributed by atoms with Crippen molar-refractivity contribution in [3.05, 3.63) is 39.9 Å². The van der Waals surface area contributed by atoms with Gasteiger partial charge >= 0.3 is 6.03 Å². The van der Waals surface area contributed by atoms with Gasteiger partial charge in [0.1, 0.15) is 0 Å². The van der Waals surface area contributed by atoms with Gasteiger partial charge in [0.25, 0.3) is 0 Å². The van der Waals surface area contributed by atoms with E-state index >= 15 is 0 Å². The highest BCUT2D eigenvalue weighted by atomic mass is 32.1. The van der Waals surface area contributed by atoms with Crippen molar-refractivity contribution in [2.24, 2.45) is 5.92 Å². The smallest absolute Gasteiger partial charge is 0.322 e. The highest BCUT2D eigenvalue weighted by Crippen LogP contribution is 2.20. The van der Waals surface area contributed by atoms with Crippen molar-refractivity contribution in [2.45, 2.75) is 19.4 Å². The Morgan fingerprint density at radius 2 is 2.04 bits per heavy atom. The molecule has 1 atom stereocenters. The summed E-state index contributed by atoms with van der Waals surface area (Å²) in [6.07, 6.45) is 1.69. The summed E-state index contributed by atoms with van der Waals surface area (Å²) in [7, 11) is 0. The van der Waals surface area contributed by atoms with Crippen LogP contribution in [0, 0.1) is 5.92 Å². The van der Waals surface area contributed by atoms with E-state index < -0.39 is 0 Å². The normalized spacial score (nSPS) is 17.7. The number of hydrogen-bond acceptors (Lipinski definition) is 4. The van der Waals surface area contributed by atoms with Crippen LogP contribution in [0.3, 0.4) is 0 Å². The SMILES string of the molecule is O=C(NCc1cccs1)C1CCCN(C(=O)Nc2cccs2)C1. The molecule has 1 unspecified atom stereocenters. The summed E-state index contributed by atoms with van der Waals surface area (Å²) < 4.78 is 0. The lowest BCUT2D eigenvalue weighted by atomic mass is 9.97. The number of piperidine rings is 1. The van der Waals surface area contributed by atoms with Gasteiger partial charge in [0.15, 0.2) is 0 Å². The standard InChI is InChI=1S/C16H19N3O2S2/c20-15(17-10-13-5-2-8-22-13)12-4-1-7-19(11-12)16(21)18-14-6-3-9-23-14/h2-3,5-6,8-9,12H,1,4,7,10-11H2,(H,17,20)(H,18,21). The average molecular weight is 349 g/mol. The van der Waals surface area contributed by atoms with E-state index in [0.29, 0.717) is 19.6 Å². The molecule has 1 saturated heterocycles. The number of thiophene rings is 2. The quantitative estimate of drug-likeness (QED) is 0.889. The molecule has 1 fully saturated rings. The van der Waals surface area contributed by atoms with Gasteiger partial charge < -0.3 is 10.2 Å². The summed E-state index contributed by atoms with van der Waals surface area (Å²) >= 11 is 3.12. The van der Waals surface area contributed by atoms with E-state index in [9.17, 15) is 9.59 Å². The summed E-state index contributed by atoms with van der Waals surface area (Å²) in [5.41, 5.74) is 0. The van der Waals surface area contributed by atoms with Gasteiger partial charge in [-0.25, -0.2) is 4.79 Å². The van der Waals surface area contributed by atoms with Crippen LogP contribution in [-0.2, 0) is 11.3 Å². The minimum absolute atomic E-state index is 0.0343. The van der Waals surface area contributed by atoms with Gasteiger partial charge in [-0.15, -0.1) is 22.7 Å². The Morgan fingerprint density at radius 1 is 1.22 bits per heavy atom. The second-order valence-electron chi connectivity index (χ2n) is 5.49. The molecule has 23 heavy (non-hydrogen) atoms. The first-order chi connectivity index (χ1) is 11.2. The van der Waals surface area contributed by atoms with Crippen LogP contribution in [0.15, 0.2) is 35.0 Å². The van der Waals surface area contributed by atoms with Crippen LogP contribution in [0.25, 0.3) is 0 Å². The maximum atomic E-state index is 12.3. The third-order valence-electron chi connectivity index (χ3n) is 3.85. The fourth-order valence-corrected chi connectivity index (χ4v) is 3.89. The minimum Gasteiger partial charge on any atom is -0.351 e. The van der Waals surface area contributed by atoms with Crippen LogP contribution >= 0.6 is 22.7 Å². The summed E-state index contributed by atoms with van der Waals surface area (Å²) in [5.74, 6) is -0.0928. The Labute approximate surface area is 143 Å². The number of nitrogens with one attached hydrogen (secondary N) is 2. The summed E-state index contributed by atoms with van der Waals surface area (Å²) in [4.78, 5) is 27.5. The third kappa shape index (κ3) is 4.33. The molecule has 2 aromatic rings. The largest absolute Gasteiger partial charge is 0.351 e. The number of likely N-dealkylation sites (tertiary alicyclic amines) is 1. The number of anilines is 1. The molecular formula is C16H19N3O2S2. The zero-order valence-electron chi connectivity index (χ0n) is 12.7. The van der Waals surface area contributed by atoms with Gasteiger partial charge in [0.2, 0.25) is 5.91 Å². The van der Waals surface area contributed by atoms with E-state index in [4.69, 9.17) is 0 Å². The summed E-state index contributed by atoms with van der Waals surface area (Å²) in [6, 6.07) is 7.63. The molecular weight excluding hydrogens is 330 g/mol. The highest BCUT2D eigenvalue weighted by Gasteiger charge is 2.28. The van der Waals surface area contributed by atoms with Gasteiger partial charge in [-0.2, -0.15) is 0 Å². The van der Waals surface area contributed by atoms with Crippen LogP contribution < -0.4 is 10.6 Å². The van der Waals surface area contributed by atoms with Crippen LogP contribution in [0.2, 0.25) is 0 Å². The monoisotopic (exact) mass is 349 g/mol. The lowest BCUT2D eigenvalue weighted by molar-refractivity contribution is -0.126. The molecule has 0 radical (unpaired) electrons. The number of carbonyl (C=O) groups excluding carboxylic acids is 2.